The van der Waals surface area contributed by atoms with E-state index in [1.54, 1.807) is 7.11 Å². The molecule has 122 valence electrons. The minimum absolute atomic E-state index is 0.107. The lowest BCUT2D eigenvalue weighted by atomic mass is 10.1. The van der Waals surface area contributed by atoms with Crippen LogP contribution in [0.25, 0.3) is 10.8 Å². The zero-order valence-corrected chi connectivity index (χ0v) is 13.5. The third-order valence-corrected chi connectivity index (χ3v) is 3.71. The molecule has 0 bridgehead atoms. The number of ether oxygens (including phenoxy) is 2. The zero-order valence-electron chi connectivity index (χ0n) is 13.5. The summed E-state index contributed by atoms with van der Waals surface area (Å²) in [6.45, 7) is 0.884. The van der Waals surface area contributed by atoms with E-state index in [0.29, 0.717) is 18.7 Å². The van der Waals surface area contributed by atoms with Crippen molar-refractivity contribution >= 4 is 16.7 Å². The minimum Gasteiger partial charge on any atom is -0.497 e. The van der Waals surface area contributed by atoms with Gasteiger partial charge in [-0.1, -0.05) is 30.3 Å². The van der Waals surface area contributed by atoms with E-state index in [1.165, 1.54) is 0 Å². The Hall–Kier alpha value is -3.01. The number of carbonyl (C=O) groups excluding carboxylic acids is 1. The Labute approximate surface area is 141 Å². The molecule has 24 heavy (non-hydrogen) atoms. The van der Waals surface area contributed by atoms with E-state index in [4.69, 9.17) is 9.47 Å². The lowest BCUT2D eigenvalue weighted by Crippen LogP contribution is -2.28. The summed E-state index contributed by atoms with van der Waals surface area (Å²) < 4.78 is 10.8. The molecule has 4 heteroatoms. The first kappa shape index (κ1) is 15.9. The first-order valence-electron chi connectivity index (χ1n) is 7.80. The highest BCUT2D eigenvalue weighted by Crippen LogP contribution is 2.21. The number of amides is 1. The van der Waals surface area contributed by atoms with Gasteiger partial charge in [-0.15, -0.1) is 0 Å². The van der Waals surface area contributed by atoms with Crippen LogP contribution in [0, 0.1) is 0 Å². The Morgan fingerprint density at radius 3 is 2.46 bits per heavy atom. The monoisotopic (exact) mass is 321 g/mol. The van der Waals surface area contributed by atoms with E-state index in [1.807, 2.05) is 66.7 Å². The van der Waals surface area contributed by atoms with E-state index in [2.05, 4.69) is 5.32 Å². The van der Waals surface area contributed by atoms with Crippen LogP contribution in [0.5, 0.6) is 11.5 Å². The van der Waals surface area contributed by atoms with E-state index >= 15 is 0 Å². The van der Waals surface area contributed by atoms with E-state index < -0.39 is 0 Å². The smallest absolute Gasteiger partial charge is 0.251 e. The van der Waals surface area contributed by atoms with Crippen LogP contribution in [-0.2, 0) is 0 Å². The molecular weight excluding hydrogens is 302 g/mol. The van der Waals surface area contributed by atoms with Crippen molar-refractivity contribution in [1.29, 1.82) is 0 Å². The van der Waals surface area contributed by atoms with Crippen molar-refractivity contribution in [3.63, 3.8) is 0 Å². The molecule has 3 rings (SSSR count). The molecule has 0 heterocycles. The summed E-state index contributed by atoms with van der Waals surface area (Å²) in [6.07, 6.45) is 0. The van der Waals surface area contributed by atoms with Crippen LogP contribution in [-0.4, -0.2) is 26.2 Å². The largest absolute Gasteiger partial charge is 0.497 e. The molecule has 3 aromatic rings. The number of nitrogens with one attached hydrogen (secondary N) is 1. The molecule has 0 saturated heterocycles. The fourth-order valence-electron chi connectivity index (χ4n) is 2.44. The van der Waals surface area contributed by atoms with Gasteiger partial charge in [0.25, 0.3) is 5.91 Å². The molecule has 0 aromatic heterocycles. The Morgan fingerprint density at radius 2 is 1.67 bits per heavy atom. The van der Waals surface area contributed by atoms with Crippen LogP contribution < -0.4 is 14.8 Å². The Bertz CT molecular complexity index is 831. The van der Waals surface area contributed by atoms with Crippen molar-refractivity contribution in [2.24, 2.45) is 0 Å². The second-order valence-electron chi connectivity index (χ2n) is 5.35. The van der Waals surface area contributed by atoms with Crippen LogP contribution in [0.4, 0.5) is 0 Å². The summed E-state index contributed by atoms with van der Waals surface area (Å²) in [5.74, 6) is 1.49. The van der Waals surface area contributed by atoms with Crippen molar-refractivity contribution in [1.82, 2.24) is 5.32 Å². The second kappa shape index (κ2) is 7.51. The fourth-order valence-corrected chi connectivity index (χ4v) is 2.44. The van der Waals surface area contributed by atoms with Gasteiger partial charge in [0, 0.05) is 5.56 Å². The number of hydrogen-bond donors (Lipinski definition) is 1. The molecule has 1 amide bonds. The maximum Gasteiger partial charge on any atom is 0.251 e. The van der Waals surface area contributed by atoms with Gasteiger partial charge in [0.1, 0.15) is 18.1 Å². The summed E-state index contributed by atoms with van der Waals surface area (Å²) >= 11 is 0. The molecular formula is C20H19NO3. The van der Waals surface area contributed by atoms with E-state index in [9.17, 15) is 4.79 Å². The van der Waals surface area contributed by atoms with Crippen LogP contribution in [0.1, 0.15) is 10.4 Å². The topological polar surface area (TPSA) is 47.6 Å². The molecule has 0 fully saturated rings. The molecule has 0 aliphatic rings. The summed E-state index contributed by atoms with van der Waals surface area (Å²) in [5, 5.41) is 4.91. The van der Waals surface area contributed by atoms with Gasteiger partial charge < -0.3 is 14.8 Å². The summed E-state index contributed by atoms with van der Waals surface area (Å²) in [4.78, 5) is 12.2. The van der Waals surface area contributed by atoms with Gasteiger partial charge >= 0.3 is 0 Å². The average Bonchev–Trinajstić information content (AvgIpc) is 2.65. The Kier molecular flexibility index (Phi) is 4.96. The second-order valence-corrected chi connectivity index (χ2v) is 5.35. The lowest BCUT2D eigenvalue weighted by molar-refractivity contribution is 0.0947. The number of rotatable bonds is 6. The van der Waals surface area contributed by atoms with Gasteiger partial charge in [0.2, 0.25) is 0 Å². The maximum absolute atomic E-state index is 12.2. The fraction of sp³-hybridized carbons (Fsp3) is 0.150. The first-order valence-corrected chi connectivity index (χ1v) is 7.80. The molecule has 3 aromatic carbocycles. The number of benzene rings is 3. The lowest BCUT2D eigenvalue weighted by Gasteiger charge is -2.08. The minimum atomic E-state index is -0.107. The summed E-state index contributed by atoms with van der Waals surface area (Å²) in [7, 11) is 1.64. The standard InChI is InChI=1S/C20H19NO3/c1-23-19-10-9-15-13-17(8-7-16(15)14-19)20(22)21-11-12-24-18-5-3-2-4-6-18/h2-10,13-14H,11-12H2,1H3,(H,21,22). The zero-order chi connectivity index (χ0) is 16.8. The third kappa shape index (κ3) is 3.84. The van der Waals surface area contributed by atoms with Gasteiger partial charge in [0.15, 0.2) is 0 Å². The summed E-state index contributed by atoms with van der Waals surface area (Å²) in [6, 6.07) is 20.9. The van der Waals surface area contributed by atoms with Crippen LogP contribution >= 0.6 is 0 Å². The van der Waals surface area contributed by atoms with E-state index in [-0.39, 0.29) is 5.91 Å². The molecule has 4 nitrogen and oxygen atoms in total. The molecule has 0 saturated carbocycles. The molecule has 0 aliphatic heterocycles. The third-order valence-electron chi connectivity index (χ3n) is 3.71. The van der Waals surface area contributed by atoms with Gasteiger partial charge in [-0.2, -0.15) is 0 Å². The first-order chi connectivity index (χ1) is 11.8. The van der Waals surface area contributed by atoms with Crippen LogP contribution in [0.15, 0.2) is 66.7 Å². The number of para-hydroxylation sites is 1. The SMILES string of the molecule is COc1ccc2cc(C(=O)NCCOc3ccccc3)ccc2c1. The highest BCUT2D eigenvalue weighted by molar-refractivity contribution is 5.98. The van der Waals surface area contributed by atoms with Crippen molar-refractivity contribution < 1.29 is 14.3 Å². The van der Waals surface area contributed by atoms with Crippen molar-refractivity contribution in [3.8, 4) is 11.5 Å². The van der Waals surface area contributed by atoms with E-state index in [0.717, 1.165) is 22.3 Å². The van der Waals surface area contributed by atoms with Crippen molar-refractivity contribution in [2.75, 3.05) is 20.3 Å². The Morgan fingerprint density at radius 1 is 0.917 bits per heavy atom. The number of methoxy groups -OCH3 is 1. The van der Waals surface area contributed by atoms with Gasteiger partial charge in [-0.05, 0) is 47.2 Å². The summed E-state index contributed by atoms with van der Waals surface area (Å²) in [5.41, 5.74) is 0.632. The quantitative estimate of drug-likeness (QED) is 0.705. The number of hydrogen-bond acceptors (Lipinski definition) is 3. The molecule has 1 N–H and O–H groups in total. The van der Waals surface area contributed by atoms with Gasteiger partial charge in [-0.25, -0.2) is 0 Å². The maximum atomic E-state index is 12.2. The van der Waals surface area contributed by atoms with Gasteiger partial charge in [0.05, 0.1) is 13.7 Å². The van der Waals surface area contributed by atoms with Crippen LogP contribution in [0.3, 0.4) is 0 Å². The van der Waals surface area contributed by atoms with Gasteiger partial charge in [-0.3, -0.25) is 4.79 Å². The molecule has 0 atom stereocenters. The Balaban J connectivity index is 1.57. The number of fused-ring (bicyclic) bond motifs is 1. The molecule has 0 unspecified atom stereocenters. The van der Waals surface area contributed by atoms with Crippen molar-refractivity contribution in [3.05, 3.63) is 72.3 Å². The van der Waals surface area contributed by atoms with Crippen LogP contribution in [0.2, 0.25) is 0 Å². The highest BCUT2D eigenvalue weighted by Gasteiger charge is 2.06. The normalized spacial score (nSPS) is 10.4. The number of carbonyl (C=O) groups is 1. The average molecular weight is 321 g/mol. The predicted octanol–water partition coefficient (Wildman–Crippen LogP) is 3.66. The van der Waals surface area contributed by atoms with Crippen molar-refractivity contribution in [2.45, 2.75) is 0 Å². The molecule has 0 spiro atoms. The predicted molar refractivity (Wildman–Crippen MR) is 94.8 cm³/mol. The molecule has 0 radical (unpaired) electrons. The molecule has 0 aliphatic carbocycles. The highest BCUT2D eigenvalue weighted by atomic mass is 16.5.